The van der Waals surface area contributed by atoms with Crippen molar-refractivity contribution in [3.05, 3.63) is 99.0 Å². The van der Waals surface area contributed by atoms with Crippen LogP contribution < -0.4 is 9.97 Å². The Kier molecular flexibility index (Phi) is 11.0. The Hall–Kier alpha value is -4.86. The molecule has 2 aliphatic heterocycles. The minimum atomic E-state index is -0.898. The van der Waals surface area contributed by atoms with E-state index in [1.54, 1.807) is 12.2 Å². The maximum absolute atomic E-state index is 11.5. The van der Waals surface area contributed by atoms with Crippen molar-refractivity contribution in [2.24, 2.45) is 0 Å². The van der Waals surface area contributed by atoms with Gasteiger partial charge in [-0.3, -0.25) is 9.59 Å². The number of hydrogen-bond acceptors (Lipinski definition) is 5. The van der Waals surface area contributed by atoms with E-state index in [9.17, 15) is 19.8 Å². The van der Waals surface area contributed by atoms with E-state index < -0.39 is 11.9 Å². The van der Waals surface area contributed by atoms with Crippen LogP contribution in [0.1, 0.15) is 78.1 Å². The van der Waals surface area contributed by atoms with E-state index >= 15 is 0 Å². The topological polar surface area (TPSA) is 168 Å². The largest absolute Gasteiger partial charge is 3.00 e. The molecule has 11 heteroatoms. The first kappa shape index (κ1) is 34.6. The van der Waals surface area contributed by atoms with Crippen molar-refractivity contribution in [2.75, 3.05) is 0 Å². The van der Waals surface area contributed by atoms with Crippen LogP contribution in [-0.4, -0.2) is 32.1 Å². The molecular weight excluding hydrogens is 614 g/mol. The molecule has 2 aliphatic rings. The predicted molar refractivity (Wildman–Crippen MR) is 173 cm³/mol. The molecule has 10 nitrogen and oxygen atoms in total. The van der Waals surface area contributed by atoms with Gasteiger partial charge in [0.15, 0.2) is 0 Å². The number of carboxylic acids is 2. The van der Waals surface area contributed by atoms with E-state index in [4.69, 9.17) is 30.4 Å². The van der Waals surface area contributed by atoms with Crippen molar-refractivity contribution in [1.82, 2.24) is 19.9 Å². The second kappa shape index (κ2) is 14.3. The van der Waals surface area contributed by atoms with Gasteiger partial charge in [-0.2, -0.15) is 0 Å². The molecule has 231 valence electrons. The van der Waals surface area contributed by atoms with Crippen molar-refractivity contribution in [1.29, 1.82) is 0 Å². The number of nitroso groups, excluding NO2 is 1. The van der Waals surface area contributed by atoms with Crippen LogP contribution in [-0.2, 0) is 33.1 Å². The third-order valence-electron chi connectivity index (χ3n) is 8.06. The van der Waals surface area contributed by atoms with Gasteiger partial charge >= 0.3 is 29.0 Å². The fraction of sp³-hybridized carbons (Fsp3) is 0.235. The number of hydrogen-bond donors (Lipinski definition) is 2. The Bertz CT molecular complexity index is 1950. The molecule has 2 N–H and O–H groups in total. The van der Waals surface area contributed by atoms with Gasteiger partial charge in [0.2, 0.25) is 0 Å². The van der Waals surface area contributed by atoms with Gasteiger partial charge < -0.3 is 30.7 Å². The molecule has 0 aliphatic carbocycles. The number of aromatic nitrogens is 4. The molecule has 0 aromatic carbocycles. The average Bonchev–Trinajstić information content (AvgIpc) is 3.64. The summed E-state index contributed by atoms with van der Waals surface area (Å²) in [6.45, 7) is 15.9. The maximum atomic E-state index is 11.5. The van der Waals surface area contributed by atoms with Gasteiger partial charge in [-0.25, -0.2) is 9.97 Å². The van der Waals surface area contributed by atoms with E-state index in [-0.39, 0.29) is 29.9 Å². The third kappa shape index (κ3) is 6.79. The minimum Gasteiger partial charge on any atom is -0.657 e. The molecule has 8 bridgehead atoms. The molecule has 0 atom stereocenters. The molecule has 0 unspecified atom stereocenters. The predicted octanol–water partition coefficient (Wildman–Crippen LogP) is 7.08. The molecule has 0 amide bonds. The summed E-state index contributed by atoms with van der Waals surface area (Å²) in [5.74, 6) is -1.80. The van der Waals surface area contributed by atoms with Crippen LogP contribution in [0.2, 0.25) is 0 Å². The molecule has 0 fully saturated rings. The van der Waals surface area contributed by atoms with Gasteiger partial charge in [-0.1, -0.05) is 66.3 Å². The standard InChI is InChI=1S/C34H34N4O4.Fe.NO/c1-7-21-17(3)25-13-26-19(5)23(9-11-33(39)40)31(37-26)16-32-24(10-12-34(41)42)20(6)28(38-32)15-30-22(8-2)18(4)27(36-30)14-29(21)35-25;;1-2/h7-8,13-16H,1-2,9-12H2,3-6H3,(H4,35,36,37,38,39,40,41,42);;/q;+3;-1/p-2. The second-order valence-corrected chi connectivity index (χ2v) is 10.6. The summed E-state index contributed by atoms with van der Waals surface area (Å²) in [7, 11) is 0. The van der Waals surface area contributed by atoms with Crippen molar-refractivity contribution in [2.45, 2.75) is 53.4 Å². The van der Waals surface area contributed by atoms with E-state index in [2.05, 4.69) is 13.2 Å². The minimum absolute atomic E-state index is 0. The summed E-state index contributed by atoms with van der Waals surface area (Å²) in [5.41, 5.74) is 18.4. The van der Waals surface area contributed by atoms with Crippen molar-refractivity contribution >= 4 is 62.4 Å². The fourth-order valence-corrected chi connectivity index (χ4v) is 5.61. The quantitative estimate of drug-likeness (QED) is 0.243. The first-order valence-corrected chi connectivity index (χ1v) is 13.9. The number of allylic oxidation sites excluding steroid dienone is 5. The zero-order chi connectivity index (χ0) is 32.3. The number of carboxylic acid groups (broad SMARTS) is 2. The first-order chi connectivity index (χ1) is 21.0. The molecule has 0 saturated heterocycles. The molecule has 5 heterocycles. The summed E-state index contributed by atoms with van der Waals surface area (Å²) < 4.78 is 0. The van der Waals surface area contributed by atoms with Crippen LogP contribution in [0.4, 0.5) is 0 Å². The molecular formula is C34H32FeN5O5. The van der Waals surface area contributed by atoms with Crippen LogP contribution in [0.15, 0.2) is 43.5 Å². The van der Waals surface area contributed by atoms with E-state index in [1.807, 2.05) is 52.0 Å². The van der Waals surface area contributed by atoms with E-state index in [1.165, 1.54) is 0 Å². The Morgan fingerprint density at radius 2 is 1.24 bits per heavy atom. The molecule has 3 aromatic rings. The number of rotatable bonds is 8. The summed E-state index contributed by atoms with van der Waals surface area (Å²) in [6, 6.07) is 7.62. The average molecular weight is 647 g/mol. The van der Waals surface area contributed by atoms with Crippen LogP contribution in [0.5, 0.6) is 0 Å². The monoisotopic (exact) mass is 646 g/mol. The molecule has 5 rings (SSSR count). The SMILES string of the molecule is C=CC1=C(C)c2cc3[n-]c(cc4nc(cc5[n-]c(cc1n2)c(C)c5CCC(=O)O)C(CCC(=O)O)=C4C)c(C)c3C=C.[Fe+3].[N-]=O. The van der Waals surface area contributed by atoms with Gasteiger partial charge in [0.1, 0.15) is 0 Å². The summed E-state index contributed by atoms with van der Waals surface area (Å²) in [6.07, 6.45) is 4.06. The van der Waals surface area contributed by atoms with Gasteiger partial charge in [0.25, 0.3) is 0 Å². The summed E-state index contributed by atoms with van der Waals surface area (Å²) >= 11 is 0. The number of fused-ring (bicyclic) bond motifs is 8. The Labute approximate surface area is 271 Å². The van der Waals surface area contributed by atoms with Crippen molar-refractivity contribution < 1.29 is 36.9 Å². The Morgan fingerprint density at radius 1 is 0.733 bits per heavy atom. The van der Waals surface area contributed by atoms with Gasteiger partial charge in [-0.15, -0.1) is 22.1 Å². The smallest absolute Gasteiger partial charge is 0.657 e. The third-order valence-corrected chi connectivity index (χ3v) is 8.06. The van der Waals surface area contributed by atoms with Gasteiger partial charge in [0, 0.05) is 18.4 Å². The molecule has 0 spiro atoms. The van der Waals surface area contributed by atoms with Gasteiger partial charge in [-0.05, 0) is 62.8 Å². The van der Waals surface area contributed by atoms with E-state index in [0.717, 1.165) is 61.3 Å². The molecule has 45 heavy (non-hydrogen) atoms. The van der Waals surface area contributed by atoms with Gasteiger partial charge in [0.05, 0.1) is 22.8 Å². The number of nitrogens with zero attached hydrogens (tertiary/aromatic N) is 5. The second-order valence-electron chi connectivity index (χ2n) is 10.6. The van der Waals surface area contributed by atoms with E-state index in [0.29, 0.717) is 41.0 Å². The number of aryl methyl sites for hydroxylation is 3. The van der Waals surface area contributed by atoms with Crippen LogP contribution in [0.25, 0.3) is 56.0 Å². The number of aliphatic carboxylic acids is 2. The van der Waals surface area contributed by atoms with Crippen molar-refractivity contribution in [3.8, 4) is 0 Å². The zero-order valence-electron chi connectivity index (χ0n) is 25.4. The molecule has 1 radical (unpaired) electrons. The van der Waals surface area contributed by atoms with Crippen LogP contribution in [0, 0.1) is 18.8 Å². The summed E-state index contributed by atoms with van der Waals surface area (Å²) in [4.78, 5) is 50.0. The Balaban J connectivity index is 0.00000180. The zero-order valence-corrected chi connectivity index (χ0v) is 26.5. The van der Waals surface area contributed by atoms with Crippen LogP contribution in [0.3, 0.4) is 0 Å². The molecule has 0 saturated carbocycles. The van der Waals surface area contributed by atoms with Crippen LogP contribution >= 0.6 is 0 Å². The fourth-order valence-electron chi connectivity index (χ4n) is 5.61. The summed E-state index contributed by atoms with van der Waals surface area (Å²) in [5, 5.41) is 18.9. The normalized spacial score (nSPS) is 12.3. The first-order valence-electron chi connectivity index (χ1n) is 13.9. The van der Waals surface area contributed by atoms with Crippen molar-refractivity contribution in [3.63, 3.8) is 0 Å². The molecule has 3 aromatic heterocycles. The number of carbonyl (C=O) groups is 2. The Morgan fingerprint density at radius 3 is 1.87 bits per heavy atom. The maximum Gasteiger partial charge on any atom is 3.00 e.